The molecule has 3 rings (SSSR count). The zero-order valence-corrected chi connectivity index (χ0v) is 16.5. The second kappa shape index (κ2) is 7.88. The monoisotopic (exact) mass is 380 g/mol. The summed E-state index contributed by atoms with van der Waals surface area (Å²) in [5, 5.41) is 2.26. The minimum atomic E-state index is -0.256. The van der Waals surface area contributed by atoms with Gasteiger partial charge in [0, 0.05) is 32.7 Å². The number of amides is 1. The van der Waals surface area contributed by atoms with Gasteiger partial charge in [-0.1, -0.05) is 18.7 Å². The number of hydrogen-bond donors (Lipinski definition) is 0. The third-order valence-corrected chi connectivity index (χ3v) is 6.58. The third kappa shape index (κ3) is 3.75. The van der Waals surface area contributed by atoms with Crippen LogP contribution in [0.15, 0.2) is 21.4 Å². The number of carbonyl (C=O) groups is 1. The van der Waals surface area contributed by atoms with Crippen LogP contribution in [0.5, 0.6) is 0 Å². The Bertz CT molecular complexity index is 809. The number of thiophene rings is 1. The molecule has 0 aliphatic carbocycles. The predicted octanol–water partition coefficient (Wildman–Crippen LogP) is 2.12. The first-order chi connectivity index (χ1) is 12.0. The van der Waals surface area contributed by atoms with Gasteiger partial charge in [0.15, 0.2) is 5.16 Å². The lowest BCUT2D eigenvalue weighted by Crippen LogP contribution is -2.50. The molecule has 0 spiro atoms. The SMILES string of the molecule is CCN1CCN(C(=O)C(C)Sc2nc3ccsc3c(=O)n2CC)CC1. The van der Waals surface area contributed by atoms with Gasteiger partial charge >= 0.3 is 0 Å². The van der Waals surface area contributed by atoms with Gasteiger partial charge in [0.2, 0.25) is 5.91 Å². The highest BCUT2D eigenvalue weighted by Gasteiger charge is 2.26. The Kier molecular flexibility index (Phi) is 5.81. The molecule has 8 heteroatoms. The lowest BCUT2D eigenvalue weighted by molar-refractivity contribution is -0.132. The molecule has 1 atom stereocenters. The van der Waals surface area contributed by atoms with Crippen molar-refractivity contribution in [3.05, 3.63) is 21.8 Å². The molecular weight excluding hydrogens is 356 g/mol. The maximum absolute atomic E-state index is 12.8. The fourth-order valence-corrected chi connectivity index (χ4v) is 4.88. The van der Waals surface area contributed by atoms with E-state index in [1.807, 2.05) is 30.2 Å². The topological polar surface area (TPSA) is 58.4 Å². The third-order valence-electron chi connectivity index (χ3n) is 4.61. The molecule has 1 saturated heterocycles. The summed E-state index contributed by atoms with van der Waals surface area (Å²) in [6.45, 7) is 11.0. The van der Waals surface area contributed by atoms with Gasteiger partial charge < -0.3 is 9.80 Å². The average molecular weight is 381 g/mol. The van der Waals surface area contributed by atoms with Crippen LogP contribution in [0.2, 0.25) is 0 Å². The summed E-state index contributed by atoms with van der Waals surface area (Å²) in [5.41, 5.74) is 0.708. The largest absolute Gasteiger partial charge is 0.339 e. The number of fused-ring (bicyclic) bond motifs is 1. The number of hydrogen-bond acceptors (Lipinski definition) is 6. The van der Waals surface area contributed by atoms with Gasteiger partial charge in [-0.15, -0.1) is 11.3 Å². The molecule has 3 heterocycles. The average Bonchev–Trinajstić information content (AvgIpc) is 3.10. The molecule has 2 aromatic heterocycles. The molecule has 1 unspecified atom stereocenters. The van der Waals surface area contributed by atoms with Crippen molar-refractivity contribution in [3.63, 3.8) is 0 Å². The molecule has 0 aromatic carbocycles. The van der Waals surface area contributed by atoms with Gasteiger partial charge in [-0.25, -0.2) is 4.98 Å². The Morgan fingerprint density at radius 1 is 1.28 bits per heavy atom. The van der Waals surface area contributed by atoms with Crippen molar-refractivity contribution in [1.29, 1.82) is 0 Å². The van der Waals surface area contributed by atoms with E-state index in [1.165, 1.54) is 23.1 Å². The Morgan fingerprint density at radius 2 is 2.00 bits per heavy atom. The number of piperazine rings is 1. The second-order valence-electron chi connectivity index (χ2n) is 6.10. The maximum Gasteiger partial charge on any atom is 0.272 e. The maximum atomic E-state index is 12.8. The van der Waals surface area contributed by atoms with Crippen LogP contribution in [0.25, 0.3) is 10.2 Å². The smallest absolute Gasteiger partial charge is 0.272 e. The van der Waals surface area contributed by atoms with Crippen LogP contribution in [0, 0.1) is 0 Å². The Morgan fingerprint density at radius 3 is 2.64 bits per heavy atom. The van der Waals surface area contributed by atoms with Gasteiger partial charge in [0.05, 0.1) is 10.8 Å². The summed E-state index contributed by atoms with van der Waals surface area (Å²) in [4.78, 5) is 34.3. The van der Waals surface area contributed by atoms with Gasteiger partial charge in [-0.3, -0.25) is 14.2 Å². The second-order valence-corrected chi connectivity index (χ2v) is 8.32. The highest BCUT2D eigenvalue weighted by Crippen LogP contribution is 2.25. The molecule has 0 N–H and O–H groups in total. The normalized spacial score (nSPS) is 17.2. The van der Waals surface area contributed by atoms with Crippen LogP contribution in [-0.4, -0.2) is 63.2 Å². The van der Waals surface area contributed by atoms with Crippen molar-refractivity contribution >= 4 is 39.2 Å². The fraction of sp³-hybridized carbons (Fsp3) is 0.588. The predicted molar refractivity (Wildman–Crippen MR) is 104 cm³/mol. The first-order valence-electron chi connectivity index (χ1n) is 8.71. The zero-order valence-electron chi connectivity index (χ0n) is 14.9. The molecule has 0 radical (unpaired) electrons. The fourth-order valence-electron chi connectivity index (χ4n) is 3.04. The van der Waals surface area contributed by atoms with Gasteiger partial charge in [0.25, 0.3) is 5.56 Å². The van der Waals surface area contributed by atoms with E-state index < -0.39 is 0 Å². The molecule has 1 amide bonds. The molecule has 136 valence electrons. The van der Waals surface area contributed by atoms with Crippen molar-refractivity contribution in [1.82, 2.24) is 19.4 Å². The van der Waals surface area contributed by atoms with E-state index in [1.54, 1.807) is 4.57 Å². The van der Waals surface area contributed by atoms with Crippen LogP contribution in [0.3, 0.4) is 0 Å². The summed E-state index contributed by atoms with van der Waals surface area (Å²) in [6, 6.07) is 1.86. The lowest BCUT2D eigenvalue weighted by atomic mass is 10.3. The van der Waals surface area contributed by atoms with Crippen LogP contribution >= 0.6 is 23.1 Å². The standard InChI is InChI=1S/C17H24N4O2S2/c1-4-19-7-9-20(10-8-19)15(22)12(3)25-17-18-13-6-11-24-14(13)16(23)21(17)5-2/h6,11-12H,4-5,7-10H2,1-3H3. The van der Waals surface area contributed by atoms with Gasteiger partial charge in [-0.05, 0) is 31.8 Å². The quantitative estimate of drug-likeness (QED) is 0.587. The summed E-state index contributed by atoms with van der Waals surface area (Å²) in [5.74, 6) is 0.128. The number of likely N-dealkylation sites (N-methyl/N-ethyl adjacent to an activating group) is 1. The molecule has 1 aliphatic rings. The Labute approximate surface area is 155 Å². The van der Waals surface area contributed by atoms with Crippen LogP contribution in [-0.2, 0) is 11.3 Å². The number of nitrogens with zero attached hydrogens (tertiary/aromatic N) is 4. The molecule has 2 aromatic rings. The zero-order chi connectivity index (χ0) is 18.0. The van der Waals surface area contributed by atoms with Crippen molar-refractivity contribution in [2.45, 2.75) is 37.7 Å². The Balaban J connectivity index is 1.76. The van der Waals surface area contributed by atoms with Gasteiger partial charge in [0.1, 0.15) is 4.70 Å². The number of rotatable bonds is 5. The summed E-state index contributed by atoms with van der Waals surface area (Å²) >= 11 is 2.80. The van der Waals surface area contributed by atoms with E-state index in [0.29, 0.717) is 16.4 Å². The molecule has 1 fully saturated rings. The highest BCUT2D eigenvalue weighted by molar-refractivity contribution is 8.00. The lowest BCUT2D eigenvalue weighted by Gasteiger charge is -2.35. The minimum Gasteiger partial charge on any atom is -0.339 e. The van der Waals surface area contributed by atoms with E-state index in [4.69, 9.17) is 0 Å². The van der Waals surface area contributed by atoms with Crippen molar-refractivity contribution < 1.29 is 4.79 Å². The first kappa shape index (κ1) is 18.4. The van der Waals surface area contributed by atoms with Crippen LogP contribution in [0.1, 0.15) is 20.8 Å². The number of carbonyl (C=O) groups excluding carboxylic acids is 1. The van der Waals surface area contributed by atoms with E-state index in [9.17, 15) is 9.59 Å². The molecule has 0 bridgehead atoms. The summed E-state index contributed by atoms with van der Waals surface area (Å²) in [6.07, 6.45) is 0. The Hall–Kier alpha value is -1.38. The van der Waals surface area contributed by atoms with Crippen molar-refractivity contribution in [2.24, 2.45) is 0 Å². The highest BCUT2D eigenvalue weighted by atomic mass is 32.2. The molecule has 6 nitrogen and oxygen atoms in total. The van der Waals surface area contributed by atoms with E-state index >= 15 is 0 Å². The molecular formula is C17H24N4O2S2. The van der Waals surface area contributed by atoms with Crippen molar-refractivity contribution in [2.75, 3.05) is 32.7 Å². The van der Waals surface area contributed by atoms with E-state index in [2.05, 4.69) is 16.8 Å². The number of aromatic nitrogens is 2. The molecule has 0 saturated carbocycles. The van der Waals surface area contributed by atoms with Crippen LogP contribution in [0.4, 0.5) is 0 Å². The summed E-state index contributed by atoms with van der Waals surface area (Å²) in [7, 11) is 0. The number of thioether (sulfide) groups is 1. The minimum absolute atomic E-state index is 0.0128. The molecule has 25 heavy (non-hydrogen) atoms. The summed E-state index contributed by atoms with van der Waals surface area (Å²) < 4.78 is 2.35. The first-order valence-corrected chi connectivity index (χ1v) is 10.5. The van der Waals surface area contributed by atoms with Crippen LogP contribution < -0.4 is 5.56 Å². The van der Waals surface area contributed by atoms with Gasteiger partial charge in [-0.2, -0.15) is 0 Å². The molecule has 1 aliphatic heterocycles. The van der Waals surface area contributed by atoms with E-state index in [0.717, 1.165) is 38.2 Å². The van der Waals surface area contributed by atoms with E-state index in [-0.39, 0.29) is 16.7 Å². The van der Waals surface area contributed by atoms with Crippen molar-refractivity contribution in [3.8, 4) is 0 Å².